The third-order valence-electron chi connectivity index (χ3n) is 9.42. The number of carbonyl (C=O) groups is 2. The molecule has 4 aliphatic rings. The van der Waals surface area contributed by atoms with Crippen molar-refractivity contribution in [2.45, 2.75) is 83.3 Å². The summed E-state index contributed by atoms with van der Waals surface area (Å²) < 4.78 is 26.1. The van der Waals surface area contributed by atoms with Crippen molar-refractivity contribution in [3.05, 3.63) is 23.5 Å². The Labute approximate surface area is 218 Å². The Morgan fingerprint density at radius 3 is 2.49 bits per heavy atom. The van der Waals surface area contributed by atoms with Crippen LogP contribution in [0.5, 0.6) is 11.5 Å². The van der Waals surface area contributed by atoms with Crippen LogP contribution >= 0.6 is 0 Å². The summed E-state index contributed by atoms with van der Waals surface area (Å²) in [5.74, 6) is -0.458. The molecule has 0 saturated heterocycles. The minimum Gasteiger partial charge on any atom is -0.496 e. The molecule has 1 aromatic rings. The van der Waals surface area contributed by atoms with Crippen molar-refractivity contribution in [1.82, 2.24) is 10.6 Å². The van der Waals surface area contributed by atoms with Crippen LogP contribution in [0.15, 0.2) is 12.1 Å². The Balaban J connectivity index is 1.29. The number of carbonyl (C=O) groups excluding carboxylic acids is 2. The summed E-state index contributed by atoms with van der Waals surface area (Å²) in [6.45, 7) is 2.90. The van der Waals surface area contributed by atoms with E-state index in [0.29, 0.717) is 19.4 Å². The van der Waals surface area contributed by atoms with Gasteiger partial charge in [-0.25, -0.2) is 4.39 Å². The molecule has 2 amide bonds. The zero-order valence-electron chi connectivity index (χ0n) is 21.9. The van der Waals surface area contributed by atoms with Gasteiger partial charge in [-0.2, -0.15) is 5.26 Å². The fraction of sp³-hybridized carbons (Fsp3) is 0.690. The maximum absolute atomic E-state index is 14.8. The van der Waals surface area contributed by atoms with Crippen LogP contribution in [0.1, 0.15) is 81.5 Å². The molecule has 4 atom stereocenters. The van der Waals surface area contributed by atoms with Gasteiger partial charge in [0.25, 0.3) is 5.91 Å². The van der Waals surface area contributed by atoms with Gasteiger partial charge in [0, 0.05) is 24.6 Å². The predicted octanol–water partition coefficient (Wildman–Crippen LogP) is 4.75. The van der Waals surface area contributed by atoms with E-state index in [9.17, 15) is 14.0 Å². The van der Waals surface area contributed by atoms with Crippen molar-refractivity contribution in [3.8, 4) is 17.6 Å². The first-order chi connectivity index (χ1) is 17.8. The Kier molecular flexibility index (Phi) is 7.33. The van der Waals surface area contributed by atoms with Crippen LogP contribution in [0.4, 0.5) is 4.39 Å². The van der Waals surface area contributed by atoms with Crippen LogP contribution in [0, 0.1) is 46.2 Å². The second-order valence-corrected chi connectivity index (χ2v) is 11.9. The van der Waals surface area contributed by atoms with E-state index in [4.69, 9.17) is 14.7 Å². The molecule has 0 spiro atoms. The highest BCUT2D eigenvalue weighted by Crippen LogP contribution is 2.49. The number of benzene rings is 1. The smallest absolute Gasteiger partial charge is 0.255 e. The summed E-state index contributed by atoms with van der Waals surface area (Å²) in [4.78, 5) is 26.8. The average molecular weight is 512 g/mol. The van der Waals surface area contributed by atoms with Gasteiger partial charge in [-0.3, -0.25) is 9.59 Å². The SMILES string of the molecule is COc1cc(F)c(OC2CCC(C#N)CC2)cc1C(=O)NC1C2CCC(C2)C1C(=O)NCC1(C)CCC1. The quantitative estimate of drug-likeness (QED) is 0.525. The predicted molar refractivity (Wildman–Crippen MR) is 135 cm³/mol. The van der Waals surface area contributed by atoms with Gasteiger partial charge < -0.3 is 20.1 Å². The van der Waals surface area contributed by atoms with E-state index >= 15 is 0 Å². The molecule has 200 valence electrons. The molecule has 2 bridgehead atoms. The third kappa shape index (κ3) is 5.28. The number of halogens is 1. The molecule has 4 saturated carbocycles. The number of amides is 2. The van der Waals surface area contributed by atoms with E-state index in [1.54, 1.807) is 0 Å². The number of hydrogen-bond acceptors (Lipinski definition) is 5. The lowest BCUT2D eigenvalue weighted by atomic mass is 9.70. The highest BCUT2D eigenvalue weighted by atomic mass is 19.1. The minimum atomic E-state index is -0.586. The molecule has 7 nitrogen and oxygen atoms in total. The maximum atomic E-state index is 14.8. The minimum absolute atomic E-state index is 0.0161. The first-order valence-electron chi connectivity index (χ1n) is 13.8. The zero-order chi connectivity index (χ0) is 26.2. The van der Waals surface area contributed by atoms with Crippen molar-refractivity contribution in [2.75, 3.05) is 13.7 Å². The van der Waals surface area contributed by atoms with Gasteiger partial charge in [0.05, 0.1) is 30.8 Å². The lowest BCUT2D eigenvalue weighted by molar-refractivity contribution is -0.128. The summed E-state index contributed by atoms with van der Waals surface area (Å²) in [7, 11) is 1.41. The van der Waals surface area contributed by atoms with Crippen LogP contribution in [0.25, 0.3) is 0 Å². The molecule has 1 aromatic carbocycles. The number of ether oxygens (including phenoxy) is 2. The molecule has 0 heterocycles. The number of nitrogens with one attached hydrogen (secondary N) is 2. The van der Waals surface area contributed by atoms with Gasteiger partial charge in [-0.05, 0) is 81.1 Å². The summed E-state index contributed by atoms with van der Waals surface area (Å²) in [6, 6.07) is 4.65. The van der Waals surface area contributed by atoms with E-state index in [0.717, 1.165) is 44.9 Å². The van der Waals surface area contributed by atoms with Crippen molar-refractivity contribution in [2.24, 2.45) is 29.1 Å². The van der Waals surface area contributed by atoms with E-state index in [1.807, 2.05) is 0 Å². The largest absolute Gasteiger partial charge is 0.496 e. The van der Waals surface area contributed by atoms with Crippen LogP contribution < -0.4 is 20.1 Å². The van der Waals surface area contributed by atoms with E-state index in [-0.39, 0.29) is 70.1 Å². The van der Waals surface area contributed by atoms with E-state index in [1.165, 1.54) is 25.7 Å². The lowest BCUT2D eigenvalue weighted by Crippen LogP contribution is -2.51. The highest BCUT2D eigenvalue weighted by Gasteiger charge is 2.51. The van der Waals surface area contributed by atoms with Gasteiger partial charge in [-0.15, -0.1) is 0 Å². The standard InChI is InChI=1S/C29H38FN3O4/c1-29(10-3-11-29)16-32-28(35)25-18-6-7-19(12-18)26(25)33-27(34)21-13-24(22(30)14-23(21)36-2)37-20-8-4-17(15-31)5-9-20/h13-14,17-20,25-26H,3-12,16H2,1-2H3,(H,32,35)(H,33,34). The number of nitrogens with zero attached hydrogens (tertiary/aromatic N) is 1. The Morgan fingerprint density at radius 2 is 1.84 bits per heavy atom. The molecule has 0 aliphatic heterocycles. The number of nitriles is 1. The van der Waals surface area contributed by atoms with Gasteiger partial charge in [0.1, 0.15) is 5.75 Å². The van der Waals surface area contributed by atoms with E-state index in [2.05, 4.69) is 23.6 Å². The first kappa shape index (κ1) is 25.8. The van der Waals surface area contributed by atoms with Crippen molar-refractivity contribution < 1.29 is 23.5 Å². The third-order valence-corrected chi connectivity index (χ3v) is 9.42. The maximum Gasteiger partial charge on any atom is 0.255 e. The zero-order valence-corrected chi connectivity index (χ0v) is 21.9. The molecule has 2 N–H and O–H groups in total. The molecule has 4 fully saturated rings. The van der Waals surface area contributed by atoms with Gasteiger partial charge in [0.15, 0.2) is 11.6 Å². The molecule has 37 heavy (non-hydrogen) atoms. The van der Waals surface area contributed by atoms with Crippen molar-refractivity contribution >= 4 is 11.8 Å². The molecule has 5 rings (SSSR count). The van der Waals surface area contributed by atoms with Gasteiger partial charge >= 0.3 is 0 Å². The second kappa shape index (κ2) is 10.5. The van der Waals surface area contributed by atoms with Gasteiger partial charge in [-0.1, -0.05) is 13.3 Å². The molecule has 8 heteroatoms. The van der Waals surface area contributed by atoms with Gasteiger partial charge in [0.2, 0.25) is 5.91 Å². The summed E-state index contributed by atoms with van der Waals surface area (Å²) in [5.41, 5.74) is 0.395. The monoisotopic (exact) mass is 511 g/mol. The normalized spacial score (nSPS) is 31.6. The first-order valence-corrected chi connectivity index (χ1v) is 13.8. The Morgan fingerprint density at radius 1 is 1.11 bits per heavy atom. The number of fused-ring (bicyclic) bond motifs is 2. The number of hydrogen-bond donors (Lipinski definition) is 2. The molecular formula is C29H38FN3O4. The molecular weight excluding hydrogens is 473 g/mol. The van der Waals surface area contributed by atoms with Crippen LogP contribution in [-0.2, 0) is 4.79 Å². The Bertz CT molecular complexity index is 1070. The van der Waals surface area contributed by atoms with Crippen molar-refractivity contribution in [1.29, 1.82) is 5.26 Å². The second-order valence-electron chi connectivity index (χ2n) is 11.9. The fourth-order valence-electron chi connectivity index (χ4n) is 6.94. The van der Waals surface area contributed by atoms with Crippen LogP contribution in [-0.4, -0.2) is 37.6 Å². The summed E-state index contributed by atoms with van der Waals surface area (Å²) >= 11 is 0. The fourth-order valence-corrected chi connectivity index (χ4v) is 6.94. The van der Waals surface area contributed by atoms with Crippen molar-refractivity contribution in [3.63, 3.8) is 0 Å². The molecule has 0 radical (unpaired) electrons. The lowest BCUT2D eigenvalue weighted by Gasteiger charge is -2.39. The topological polar surface area (TPSA) is 100 Å². The summed E-state index contributed by atoms with van der Waals surface area (Å²) in [5, 5.41) is 15.4. The summed E-state index contributed by atoms with van der Waals surface area (Å²) in [6.07, 6.45) is 9.04. The molecule has 4 unspecified atom stereocenters. The Hall–Kier alpha value is -2.82. The van der Waals surface area contributed by atoms with E-state index < -0.39 is 5.82 Å². The van der Waals surface area contributed by atoms with Crippen LogP contribution in [0.3, 0.4) is 0 Å². The van der Waals surface area contributed by atoms with Crippen LogP contribution in [0.2, 0.25) is 0 Å². The number of rotatable bonds is 8. The molecule has 0 aromatic heterocycles. The number of methoxy groups -OCH3 is 1. The average Bonchev–Trinajstić information content (AvgIpc) is 3.49. The highest BCUT2D eigenvalue weighted by molar-refractivity contribution is 5.98. The molecule has 4 aliphatic carbocycles.